The van der Waals surface area contributed by atoms with Crippen molar-refractivity contribution in [1.82, 2.24) is 0 Å². The highest BCUT2D eigenvalue weighted by Crippen LogP contribution is 2.24. The molecule has 0 unspecified atom stereocenters. The van der Waals surface area contributed by atoms with Crippen molar-refractivity contribution in [3.8, 4) is 0 Å². The van der Waals surface area contributed by atoms with Gasteiger partial charge < -0.3 is 24.8 Å². The zero-order valence-electron chi connectivity index (χ0n) is 10.0. The Hall–Kier alpha value is -2.05. The van der Waals surface area contributed by atoms with Crippen LogP contribution in [-0.2, 0) is 20.9 Å². The second-order valence-electron chi connectivity index (χ2n) is 4.06. The summed E-state index contributed by atoms with van der Waals surface area (Å²) in [6.45, 7) is -0.536. The largest absolute Gasteiger partial charge is 0.505 e. The minimum absolute atomic E-state index is 0.0945. The topological polar surface area (TPSA) is 96.2 Å². The number of carbonyl (C=O) groups is 1. The third kappa shape index (κ3) is 2.86. The van der Waals surface area contributed by atoms with E-state index in [1.807, 2.05) is 18.2 Å². The van der Waals surface area contributed by atoms with Crippen LogP contribution in [0.4, 0.5) is 0 Å². The Morgan fingerprint density at radius 2 is 2.00 bits per heavy atom. The van der Waals surface area contributed by atoms with Crippen molar-refractivity contribution < 1.29 is 29.6 Å². The number of ether oxygens (including phenoxy) is 2. The van der Waals surface area contributed by atoms with Crippen LogP contribution in [0.3, 0.4) is 0 Å². The lowest BCUT2D eigenvalue weighted by atomic mass is 10.2. The van der Waals surface area contributed by atoms with E-state index in [9.17, 15) is 15.0 Å². The Labute approximate surface area is 109 Å². The average Bonchev–Trinajstić information content (AvgIpc) is 2.72. The zero-order chi connectivity index (χ0) is 13.8. The lowest BCUT2D eigenvalue weighted by Gasteiger charge is -2.13. The fourth-order valence-corrected chi connectivity index (χ4v) is 1.68. The molecule has 0 amide bonds. The van der Waals surface area contributed by atoms with Crippen molar-refractivity contribution in [2.45, 2.75) is 18.8 Å². The van der Waals surface area contributed by atoms with Crippen LogP contribution in [0.25, 0.3) is 0 Å². The molecule has 0 spiro atoms. The average molecular weight is 266 g/mol. The molecule has 0 saturated carbocycles. The molecule has 0 aliphatic carbocycles. The van der Waals surface area contributed by atoms with E-state index in [2.05, 4.69) is 0 Å². The van der Waals surface area contributed by atoms with Gasteiger partial charge in [0.1, 0.15) is 12.7 Å². The monoisotopic (exact) mass is 266 g/mol. The maximum Gasteiger partial charge on any atom is 0.378 e. The molecule has 0 fully saturated rings. The molecule has 1 heterocycles. The van der Waals surface area contributed by atoms with Gasteiger partial charge in [-0.25, -0.2) is 4.79 Å². The molecular weight excluding hydrogens is 252 g/mol. The molecule has 0 aromatic heterocycles. The van der Waals surface area contributed by atoms with Crippen LogP contribution in [0.2, 0.25) is 0 Å². The number of esters is 1. The van der Waals surface area contributed by atoms with Crippen LogP contribution >= 0.6 is 0 Å². The molecular formula is C13H14O6. The van der Waals surface area contributed by atoms with Crippen LogP contribution in [0.15, 0.2) is 41.9 Å². The third-order valence-electron chi connectivity index (χ3n) is 2.68. The Bertz CT molecular complexity index is 481. The van der Waals surface area contributed by atoms with E-state index in [1.165, 1.54) is 0 Å². The standard InChI is InChI=1S/C13H14O6/c14-6-9(15)11-10(16)12(13(17)19-11)18-7-8-4-2-1-3-5-8/h1-5,9,11,14-16H,6-7H2/t9-,11+/m0/s1. The smallest absolute Gasteiger partial charge is 0.378 e. The van der Waals surface area contributed by atoms with Gasteiger partial charge in [-0.05, 0) is 5.56 Å². The number of aliphatic hydroxyl groups excluding tert-OH is 3. The van der Waals surface area contributed by atoms with Crippen LogP contribution < -0.4 is 0 Å². The summed E-state index contributed by atoms with van der Waals surface area (Å²) in [6.07, 6.45) is -2.65. The first-order valence-corrected chi connectivity index (χ1v) is 5.73. The van der Waals surface area contributed by atoms with Crippen LogP contribution in [0, 0.1) is 0 Å². The molecule has 102 valence electrons. The fourth-order valence-electron chi connectivity index (χ4n) is 1.68. The van der Waals surface area contributed by atoms with Crippen molar-refractivity contribution >= 4 is 5.97 Å². The molecule has 2 rings (SSSR count). The summed E-state index contributed by atoms with van der Waals surface area (Å²) in [5, 5.41) is 27.9. The Morgan fingerprint density at radius 3 is 2.63 bits per heavy atom. The maximum atomic E-state index is 11.5. The molecule has 0 bridgehead atoms. The predicted molar refractivity (Wildman–Crippen MR) is 63.9 cm³/mol. The molecule has 0 saturated heterocycles. The van der Waals surface area contributed by atoms with Gasteiger partial charge in [-0.2, -0.15) is 0 Å². The molecule has 1 aromatic carbocycles. The van der Waals surface area contributed by atoms with Crippen molar-refractivity contribution in [1.29, 1.82) is 0 Å². The van der Waals surface area contributed by atoms with Crippen molar-refractivity contribution in [3.63, 3.8) is 0 Å². The van der Waals surface area contributed by atoms with E-state index in [0.29, 0.717) is 0 Å². The van der Waals surface area contributed by atoms with E-state index < -0.39 is 30.5 Å². The lowest BCUT2D eigenvalue weighted by molar-refractivity contribution is -0.148. The molecule has 1 aromatic rings. The number of hydrogen-bond acceptors (Lipinski definition) is 6. The van der Waals surface area contributed by atoms with E-state index in [0.717, 1.165) is 5.56 Å². The SMILES string of the molecule is O=C1O[C@H]([C@@H](O)CO)C(O)=C1OCc1ccccc1. The van der Waals surface area contributed by atoms with Crippen molar-refractivity contribution in [2.75, 3.05) is 6.61 Å². The van der Waals surface area contributed by atoms with Gasteiger partial charge in [0, 0.05) is 0 Å². The summed E-state index contributed by atoms with van der Waals surface area (Å²) in [5.41, 5.74) is 0.821. The number of benzene rings is 1. The summed E-state index contributed by atoms with van der Waals surface area (Å²) in [7, 11) is 0. The van der Waals surface area contributed by atoms with Crippen LogP contribution in [-0.4, -0.2) is 40.1 Å². The Morgan fingerprint density at radius 1 is 1.32 bits per heavy atom. The normalized spacial score (nSPS) is 20.3. The van der Waals surface area contributed by atoms with Crippen LogP contribution in [0.1, 0.15) is 5.56 Å². The molecule has 0 radical (unpaired) electrons. The summed E-state index contributed by atoms with van der Waals surface area (Å²) in [6, 6.07) is 9.09. The van der Waals surface area contributed by atoms with Gasteiger partial charge in [-0.1, -0.05) is 30.3 Å². The van der Waals surface area contributed by atoms with E-state index in [4.69, 9.17) is 14.6 Å². The number of carbonyl (C=O) groups excluding carboxylic acids is 1. The highest BCUT2D eigenvalue weighted by atomic mass is 16.6. The minimum atomic E-state index is -1.37. The predicted octanol–water partition coefficient (Wildman–Crippen LogP) is 0.251. The van der Waals surface area contributed by atoms with Gasteiger partial charge in [0.15, 0.2) is 11.9 Å². The first kappa shape index (κ1) is 13.4. The first-order chi connectivity index (χ1) is 9.13. The molecule has 1 aliphatic heterocycles. The second kappa shape index (κ2) is 5.73. The molecule has 6 heteroatoms. The molecule has 1 aliphatic rings. The number of aliphatic hydroxyl groups is 3. The van der Waals surface area contributed by atoms with E-state index >= 15 is 0 Å². The summed E-state index contributed by atoms with van der Waals surface area (Å²) in [5.74, 6) is -1.69. The third-order valence-corrected chi connectivity index (χ3v) is 2.68. The Kier molecular flexibility index (Phi) is 4.03. The van der Waals surface area contributed by atoms with Crippen molar-refractivity contribution in [2.24, 2.45) is 0 Å². The fraction of sp³-hybridized carbons (Fsp3) is 0.308. The van der Waals surface area contributed by atoms with E-state index in [1.54, 1.807) is 12.1 Å². The number of cyclic esters (lactones) is 1. The van der Waals surface area contributed by atoms with Crippen LogP contribution in [0.5, 0.6) is 0 Å². The van der Waals surface area contributed by atoms with Gasteiger partial charge in [0.05, 0.1) is 6.61 Å². The molecule has 3 N–H and O–H groups in total. The van der Waals surface area contributed by atoms with Gasteiger partial charge in [-0.15, -0.1) is 0 Å². The highest BCUT2D eigenvalue weighted by Gasteiger charge is 2.40. The zero-order valence-corrected chi connectivity index (χ0v) is 10.0. The quantitative estimate of drug-likeness (QED) is 0.661. The lowest BCUT2D eigenvalue weighted by Crippen LogP contribution is -2.31. The van der Waals surface area contributed by atoms with Gasteiger partial charge >= 0.3 is 5.97 Å². The highest BCUT2D eigenvalue weighted by molar-refractivity contribution is 5.89. The summed E-state index contributed by atoms with van der Waals surface area (Å²) in [4.78, 5) is 11.5. The van der Waals surface area contributed by atoms with E-state index in [-0.39, 0.29) is 12.4 Å². The second-order valence-corrected chi connectivity index (χ2v) is 4.06. The van der Waals surface area contributed by atoms with Gasteiger partial charge in [-0.3, -0.25) is 0 Å². The molecule has 19 heavy (non-hydrogen) atoms. The Balaban J connectivity index is 2.06. The maximum absolute atomic E-state index is 11.5. The number of rotatable bonds is 5. The van der Waals surface area contributed by atoms with Crippen molar-refractivity contribution in [3.05, 3.63) is 47.4 Å². The summed E-state index contributed by atoms with van der Waals surface area (Å²) < 4.78 is 9.93. The first-order valence-electron chi connectivity index (χ1n) is 5.73. The molecule has 2 atom stereocenters. The number of hydrogen-bond donors (Lipinski definition) is 3. The van der Waals surface area contributed by atoms with Gasteiger partial charge in [0.2, 0.25) is 5.76 Å². The summed E-state index contributed by atoms with van der Waals surface area (Å²) >= 11 is 0. The minimum Gasteiger partial charge on any atom is -0.505 e. The van der Waals surface area contributed by atoms with Gasteiger partial charge in [0.25, 0.3) is 0 Å². The molecule has 6 nitrogen and oxygen atoms in total.